The lowest BCUT2D eigenvalue weighted by atomic mass is 9.97. The van der Waals surface area contributed by atoms with Crippen LogP contribution in [0.25, 0.3) is 11.3 Å². The number of halogens is 1. The highest BCUT2D eigenvalue weighted by Crippen LogP contribution is 2.41. The van der Waals surface area contributed by atoms with Gasteiger partial charge in [-0.25, -0.2) is 19.0 Å². The second-order valence-electron chi connectivity index (χ2n) is 8.16. The van der Waals surface area contributed by atoms with Gasteiger partial charge in [-0.1, -0.05) is 0 Å². The van der Waals surface area contributed by atoms with Crippen LogP contribution in [-0.2, 0) is 13.6 Å². The lowest BCUT2D eigenvalue weighted by Crippen LogP contribution is -2.31. The summed E-state index contributed by atoms with van der Waals surface area (Å²) in [6.07, 6.45) is 3.20. The van der Waals surface area contributed by atoms with E-state index < -0.39 is 0 Å². The fourth-order valence-corrected chi connectivity index (χ4v) is 4.73. The summed E-state index contributed by atoms with van der Waals surface area (Å²) in [5.74, 6) is 0.721. The Balaban J connectivity index is 1.79. The first-order valence-corrected chi connectivity index (χ1v) is 10.4. The maximum Gasteiger partial charge on any atom is 0.254 e. The predicted molar refractivity (Wildman–Crippen MR) is 117 cm³/mol. The Morgan fingerprint density at radius 3 is 2.88 bits per heavy atom. The Bertz CT molecular complexity index is 1230. The standard InChI is InChI=1S/C22H24FN7O2/c1-28-11-16-18(22(32-3)29(2)27-16)15-10-25-19(24)20(26-15)30-8-4-5-17(30)14-9-12(23)6-7-13(14)21(28)31/h6-7,9-10,17H,4-5,8,11H2,1-3H3,(H2,24,25)/t17-/m1/s1. The lowest BCUT2D eigenvalue weighted by molar-refractivity contribution is 0.0781. The van der Waals surface area contributed by atoms with Crippen LogP contribution >= 0.6 is 0 Å². The topological polar surface area (TPSA) is 102 Å². The van der Waals surface area contributed by atoms with Crippen LogP contribution in [0.15, 0.2) is 24.4 Å². The first-order chi connectivity index (χ1) is 15.4. The normalized spacial score (nSPS) is 17.9. The van der Waals surface area contributed by atoms with E-state index in [2.05, 4.69) is 10.1 Å². The quantitative estimate of drug-likeness (QED) is 0.624. The van der Waals surface area contributed by atoms with Crippen molar-refractivity contribution < 1.29 is 13.9 Å². The van der Waals surface area contributed by atoms with Gasteiger partial charge in [-0.15, -0.1) is 0 Å². The van der Waals surface area contributed by atoms with Gasteiger partial charge in [0.2, 0.25) is 5.88 Å². The maximum atomic E-state index is 14.3. The van der Waals surface area contributed by atoms with Gasteiger partial charge >= 0.3 is 0 Å². The summed E-state index contributed by atoms with van der Waals surface area (Å²) in [6, 6.07) is 4.08. The highest BCUT2D eigenvalue weighted by Gasteiger charge is 2.34. The van der Waals surface area contributed by atoms with E-state index in [1.807, 2.05) is 4.90 Å². The zero-order valence-corrected chi connectivity index (χ0v) is 18.2. The molecule has 2 N–H and O–H groups in total. The van der Waals surface area contributed by atoms with Crippen molar-refractivity contribution in [3.63, 3.8) is 0 Å². The number of methoxy groups -OCH3 is 1. The van der Waals surface area contributed by atoms with Gasteiger partial charge in [0.1, 0.15) is 5.82 Å². The summed E-state index contributed by atoms with van der Waals surface area (Å²) >= 11 is 0. The molecule has 1 fully saturated rings. The van der Waals surface area contributed by atoms with Crippen LogP contribution in [0.3, 0.4) is 0 Å². The number of amides is 1. The molecule has 32 heavy (non-hydrogen) atoms. The Morgan fingerprint density at radius 1 is 1.28 bits per heavy atom. The molecular weight excluding hydrogens is 413 g/mol. The minimum atomic E-state index is -0.386. The van der Waals surface area contributed by atoms with Gasteiger partial charge in [0.25, 0.3) is 5.91 Å². The van der Waals surface area contributed by atoms with Crippen LogP contribution in [0.4, 0.5) is 16.0 Å². The minimum absolute atomic E-state index is 0.203. The number of aromatic nitrogens is 4. The first kappa shape index (κ1) is 20.2. The van der Waals surface area contributed by atoms with Gasteiger partial charge in [-0.2, -0.15) is 5.10 Å². The third kappa shape index (κ3) is 3.05. The summed E-state index contributed by atoms with van der Waals surface area (Å²) in [4.78, 5) is 26.3. The third-order valence-corrected chi connectivity index (χ3v) is 6.16. The summed E-state index contributed by atoms with van der Waals surface area (Å²) < 4.78 is 21.5. The van der Waals surface area contributed by atoms with E-state index in [0.717, 1.165) is 12.8 Å². The number of anilines is 2. The number of nitrogen functional groups attached to an aromatic ring is 1. The SMILES string of the molecule is COc1c2c(nn1C)CN(C)C(=O)c1ccc(F)cc1[C@H]1CCCN1c1nc-2cnc1N. The molecule has 2 bridgehead atoms. The number of nitrogens with zero attached hydrogens (tertiary/aromatic N) is 6. The smallest absolute Gasteiger partial charge is 0.254 e. The van der Waals surface area contributed by atoms with E-state index in [1.54, 1.807) is 43.1 Å². The molecular formula is C22H24FN7O2. The predicted octanol–water partition coefficient (Wildman–Crippen LogP) is 2.53. The van der Waals surface area contributed by atoms with Crippen molar-refractivity contribution >= 4 is 17.5 Å². The number of nitrogens with two attached hydrogens (primary N) is 1. The molecule has 1 amide bonds. The van der Waals surface area contributed by atoms with Crippen molar-refractivity contribution in [2.45, 2.75) is 25.4 Å². The van der Waals surface area contributed by atoms with Crippen molar-refractivity contribution in [2.75, 3.05) is 31.3 Å². The molecule has 3 aromatic rings. The van der Waals surface area contributed by atoms with E-state index in [1.165, 1.54) is 12.1 Å². The van der Waals surface area contributed by atoms with Gasteiger partial charge in [-0.05, 0) is 36.6 Å². The van der Waals surface area contributed by atoms with Crippen LogP contribution in [0.1, 0.15) is 40.5 Å². The van der Waals surface area contributed by atoms with E-state index >= 15 is 0 Å². The zero-order valence-electron chi connectivity index (χ0n) is 18.2. The van der Waals surface area contributed by atoms with Crippen molar-refractivity contribution in [3.05, 3.63) is 47.0 Å². The Labute approximate surface area is 184 Å². The minimum Gasteiger partial charge on any atom is -0.481 e. The molecule has 0 aliphatic carbocycles. The number of carbonyl (C=O) groups excluding carboxylic acids is 1. The molecule has 4 heterocycles. The number of benzene rings is 1. The van der Waals surface area contributed by atoms with E-state index in [0.29, 0.717) is 46.3 Å². The number of aryl methyl sites for hydroxylation is 1. The zero-order chi connectivity index (χ0) is 22.6. The lowest BCUT2D eigenvalue weighted by Gasteiger charge is -2.30. The second-order valence-corrected chi connectivity index (χ2v) is 8.16. The van der Waals surface area contributed by atoms with E-state index in [4.69, 9.17) is 15.5 Å². The molecule has 1 atom stereocenters. The summed E-state index contributed by atoms with van der Waals surface area (Å²) in [5.41, 5.74) is 9.18. The molecule has 2 aliphatic heterocycles. The van der Waals surface area contributed by atoms with Crippen molar-refractivity contribution in [1.29, 1.82) is 0 Å². The Morgan fingerprint density at radius 2 is 2.09 bits per heavy atom. The maximum absolute atomic E-state index is 14.3. The van der Waals surface area contributed by atoms with Gasteiger partial charge < -0.3 is 20.3 Å². The molecule has 0 unspecified atom stereocenters. The molecule has 0 radical (unpaired) electrons. The van der Waals surface area contributed by atoms with Gasteiger partial charge in [0.15, 0.2) is 11.6 Å². The molecule has 1 saturated heterocycles. The number of fused-ring (bicyclic) bond motifs is 8. The summed E-state index contributed by atoms with van der Waals surface area (Å²) in [6.45, 7) is 0.891. The monoisotopic (exact) mass is 437 g/mol. The average Bonchev–Trinajstić information content (AvgIpc) is 3.37. The third-order valence-electron chi connectivity index (χ3n) is 6.16. The van der Waals surface area contributed by atoms with Gasteiger partial charge in [-0.3, -0.25) is 4.79 Å². The van der Waals surface area contributed by atoms with Gasteiger partial charge in [0, 0.05) is 26.2 Å². The molecule has 166 valence electrons. The number of hydrogen-bond donors (Lipinski definition) is 1. The fourth-order valence-electron chi connectivity index (χ4n) is 4.73. The van der Waals surface area contributed by atoms with Crippen LogP contribution in [0.5, 0.6) is 5.88 Å². The first-order valence-electron chi connectivity index (χ1n) is 10.4. The van der Waals surface area contributed by atoms with E-state index in [-0.39, 0.29) is 30.1 Å². The van der Waals surface area contributed by atoms with Crippen LogP contribution in [0, 0.1) is 5.82 Å². The summed E-state index contributed by atoms with van der Waals surface area (Å²) in [7, 11) is 5.04. The molecule has 0 saturated carbocycles. The van der Waals surface area contributed by atoms with Crippen LogP contribution in [0.2, 0.25) is 0 Å². The van der Waals surface area contributed by atoms with Crippen molar-refractivity contribution in [2.24, 2.45) is 7.05 Å². The number of carbonyl (C=O) groups is 1. The van der Waals surface area contributed by atoms with Crippen LogP contribution < -0.4 is 15.4 Å². The van der Waals surface area contributed by atoms with Crippen molar-refractivity contribution in [1.82, 2.24) is 24.6 Å². The molecule has 1 aromatic carbocycles. The second kappa shape index (κ2) is 7.47. The number of rotatable bonds is 1. The largest absolute Gasteiger partial charge is 0.481 e. The molecule has 5 rings (SSSR count). The Hall–Kier alpha value is -3.69. The number of ether oxygens (including phenoxy) is 1. The summed E-state index contributed by atoms with van der Waals surface area (Å²) in [5, 5.41) is 4.57. The Kier molecular flexibility index (Phi) is 4.72. The highest BCUT2D eigenvalue weighted by atomic mass is 19.1. The van der Waals surface area contributed by atoms with Crippen LogP contribution in [-0.4, -0.2) is 51.3 Å². The molecule has 10 heteroatoms. The average molecular weight is 437 g/mol. The molecule has 2 aliphatic rings. The molecule has 2 aromatic heterocycles. The van der Waals surface area contributed by atoms with Gasteiger partial charge in [0.05, 0.1) is 42.8 Å². The van der Waals surface area contributed by atoms with Crippen molar-refractivity contribution in [3.8, 4) is 17.1 Å². The molecule has 0 spiro atoms. The number of hydrogen-bond acceptors (Lipinski definition) is 7. The fraction of sp³-hybridized carbons (Fsp3) is 0.364. The molecule has 9 nitrogen and oxygen atoms in total. The van der Waals surface area contributed by atoms with E-state index in [9.17, 15) is 9.18 Å². The highest BCUT2D eigenvalue weighted by molar-refractivity contribution is 5.96.